The lowest BCUT2D eigenvalue weighted by atomic mass is 9.99. The second kappa shape index (κ2) is 37.7. The van der Waals surface area contributed by atoms with Crippen molar-refractivity contribution in [3.63, 3.8) is 0 Å². The van der Waals surface area contributed by atoms with Gasteiger partial charge in [-0.25, -0.2) is 0 Å². The largest absolute Gasteiger partial charge is 0.462 e. The quantitative estimate of drug-likeness (QED) is 0.0274. The maximum absolute atomic E-state index is 12.7. The van der Waals surface area contributed by atoms with Crippen LogP contribution in [0.5, 0.6) is 0 Å². The minimum absolute atomic E-state index is 0.107. The lowest BCUT2D eigenvalue weighted by Crippen LogP contribution is -2.59. The first-order valence-corrected chi connectivity index (χ1v) is 22.4. The molecule has 0 aromatic carbocycles. The smallest absolute Gasteiger partial charge is 0.306 e. The summed E-state index contributed by atoms with van der Waals surface area (Å²) >= 11 is 0. The molecule has 0 aromatic rings. The molecular weight excluding hydrogens is 725 g/mol. The third-order valence-electron chi connectivity index (χ3n) is 9.90. The van der Waals surface area contributed by atoms with E-state index in [9.17, 15) is 30.0 Å². The molecule has 0 saturated carbocycles. The van der Waals surface area contributed by atoms with Crippen LogP contribution in [0, 0.1) is 0 Å². The zero-order chi connectivity index (χ0) is 41.6. The molecule has 6 unspecified atom stereocenters. The molecule has 0 spiro atoms. The number of aliphatic hydroxyl groups excluding tert-OH is 4. The van der Waals surface area contributed by atoms with Crippen molar-refractivity contribution in [3.05, 3.63) is 60.8 Å². The molecule has 4 N–H and O–H groups in total. The summed E-state index contributed by atoms with van der Waals surface area (Å²) in [5.41, 5.74) is 0. The summed E-state index contributed by atoms with van der Waals surface area (Å²) in [6, 6.07) is 0. The van der Waals surface area contributed by atoms with Crippen molar-refractivity contribution in [1.82, 2.24) is 0 Å². The fourth-order valence-corrected chi connectivity index (χ4v) is 6.37. The number of hydrogen-bond acceptors (Lipinski definition) is 10. The molecule has 0 aromatic heterocycles. The molecule has 1 saturated heterocycles. The number of hydrogen-bond donors (Lipinski definition) is 4. The molecule has 10 nitrogen and oxygen atoms in total. The Morgan fingerprint density at radius 3 is 1.63 bits per heavy atom. The zero-order valence-corrected chi connectivity index (χ0v) is 35.6. The van der Waals surface area contributed by atoms with Crippen molar-refractivity contribution in [1.29, 1.82) is 0 Å². The van der Waals surface area contributed by atoms with Gasteiger partial charge in [-0.05, 0) is 64.2 Å². The van der Waals surface area contributed by atoms with Crippen LogP contribution in [0.25, 0.3) is 0 Å². The van der Waals surface area contributed by atoms with Crippen molar-refractivity contribution in [2.75, 3.05) is 19.8 Å². The summed E-state index contributed by atoms with van der Waals surface area (Å²) in [5, 5.41) is 40.0. The van der Waals surface area contributed by atoms with Crippen molar-refractivity contribution >= 4 is 11.9 Å². The molecule has 1 heterocycles. The average Bonchev–Trinajstić information content (AvgIpc) is 3.21. The predicted molar refractivity (Wildman–Crippen MR) is 228 cm³/mol. The van der Waals surface area contributed by atoms with Crippen LogP contribution in [0.2, 0.25) is 0 Å². The summed E-state index contributed by atoms with van der Waals surface area (Å²) in [6.45, 7) is 3.22. The number of unbranched alkanes of at least 4 members (excludes halogenated alkanes) is 15. The molecule has 10 heteroatoms. The van der Waals surface area contributed by atoms with Gasteiger partial charge in [0.15, 0.2) is 12.4 Å². The van der Waals surface area contributed by atoms with Gasteiger partial charge in [0.25, 0.3) is 0 Å². The van der Waals surface area contributed by atoms with Crippen LogP contribution in [0.4, 0.5) is 0 Å². The van der Waals surface area contributed by atoms with Crippen LogP contribution in [-0.4, -0.2) is 89.0 Å². The highest BCUT2D eigenvalue weighted by atomic mass is 16.7. The number of aliphatic hydroxyl groups is 4. The van der Waals surface area contributed by atoms with Crippen molar-refractivity contribution in [2.24, 2.45) is 0 Å². The van der Waals surface area contributed by atoms with E-state index in [0.717, 1.165) is 44.9 Å². The van der Waals surface area contributed by atoms with E-state index in [0.29, 0.717) is 12.8 Å². The molecule has 1 rings (SSSR count). The zero-order valence-electron chi connectivity index (χ0n) is 35.6. The van der Waals surface area contributed by atoms with E-state index in [-0.39, 0.29) is 26.1 Å². The van der Waals surface area contributed by atoms with Crippen LogP contribution in [0.1, 0.15) is 168 Å². The standard InChI is InChI=1S/C47H80O10/c1-3-5-7-9-11-13-15-17-18-19-20-21-22-24-25-27-29-31-33-35-42(49)54-38-40(39-55-47-46(53)45(52)44(51)41(37-48)57-47)56-43(50)36-34-32-30-28-26-23-16-14-12-10-8-6-4-2/h6,8,12,14,17-18,23,26,30,32,40-41,44-48,51-53H,3-5,7,9-11,13,15-16,19-22,24-25,27-29,31,33-39H2,1-2H3/b8-6-,14-12-,18-17-,26-23-,32-30-. The van der Waals surface area contributed by atoms with E-state index in [4.69, 9.17) is 18.9 Å². The van der Waals surface area contributed by atoms with Gasteiger partial charge in [-0.15, -0.1) is 0 Å². The highest BCUT2D eigenvalue weighted by Crippen LogP contribution is 2.22. The van der Waals surface area contributed by atoms with Crippen molar-refractivity contribution in [2.45, 2.75) is 205 Å². The molecule has 0 aliphatic carbocycles. The Morgan fingerprint density at radius 2 is 1.07 bits per heavy atom. The van der Waals surface area contributed by atoms with Gasteiger partial charge in [0.05, 0.1) is 13.2 Å². The highest BCUT2D eigenvalue weighted by molar-refractivity contribution is 5.70. The molecule has 6 atom stereocenters. The number of carbonyl (C=O) groups excluding carboxylic acids is 2. The predicted octanol–water partition coefficient (Wildman–Crippen LogP) is 9.44. The summed E-state index contributed by atoms with van der Waals surface area (Å²) in [5.74, 6) is -0.906. The molecule has 1 aliphatic rings. The van der Waals surface area contributed by atoms with Gasteiger partial charge in [-0.1, -0.05) is 152 Å². The van der Waals surface area contributed by atoms with E-state index in [1.165, 1.54) is 83.5 Å². The Kier molecular flexibility index (Phi) is 34.6. The third kappa shape index (κ3) is 29.3. The molecule has 328 valence electrons. The first-order chi connectivity index (χ1) is 27.8. The molecular formula is C47H80O10. The first-order valence-electron chi connectivity index (χ1n) is 22.4. The number of rotatable bonds is 36. The van der Waals surface area contributed by atoms with Gasteiger partial charge >= 0.3 is 11.9 Å². The van der Waals surface area contributed by atoms with Crippen molar-refractivity contribution < 1.29 is 49.0 Å². The maximum atomic E-state index is 12.7. The Labute approximate surface area is 345 Å². The van der Waals surface area contributed by atoms with Gasteiger partial charge in [-0.3, -0.25) is 9.59 Å². The Balaban J connectivity index is 2.34. The Hall–Kier alpha value is -2.60. The fourth-order valence-electron chi connectivity index (χ4n) is 6.37. The third-order valence-corrected chi connectivity index (χ3v) is 9.90. The van der Waals surface area contributed by atoms with Gasteiger partial charge in [0.1, 0.15) is 31.0 Å². The van der Waals surface area contributed by atoms with Crippen LogP contribution >= 0.6 is 0 Å². The van der Waals surface area contributed by atoms with E-state index >= 15 is 0 Å². The monoisotopic (exact) mass is 805 g/mol. The number of ether oxygens (including phenoxy) is 4. The molecule has 0 radical (unpaired) electrons. The SMILES string of the molecule is CC/C=C\C/C=C\C/C=C\C/C=C\CCC(=O)OC(COC(=O)CCCCCCCCCCC/C=C\CCCCCCCC)COC1OC(CO)C(O)C(O)C1O. The minimum Gasteiger partial charge on any atom is -0.462 e. The molecule has 57 heavy (non-hydrogen) atoms. The Bertz CT molecular complexity index is 1110. The van der Waals surface area contributed by atoms with E-state index in [2.05, 4.69) is 62.5 Å². The summed E-state index contributed by atoms with van der Waals surface area (Å²) in [4.78, 5) is 25.3. The second-order valence-corrected chi connectivity index (χ2v) is 15.1. The minimum atomic E-state index is -1.61. The van der Waals surface area contributed by atoms with Crippen LogP contribution in [-0.2, 0) is 28.5 Å². The van der Waals surface area contributed by atoms with E-state index in [1.54, 1.807) is 0 Å². The second-order valence-electron chi connectivity index (χ2n) is 15.1. The summed E-state index contributed by atoms with van der Waals surface area (Å²) in [6.07, 6.45) is 38.2. The average molecular weight is 805 g/mol. The number of allylic oxidation sites excluding steroid dienone is 10. The first kappa shape index (κ1) is 52.4. The molecule has 0 amide bonds. The van der Waals surface area contributed by atoms with Crippen LogP contribution < -0.4 is 0 Å². The molecule has 1 fully saturated rings. The lowest BCUT2D eigenvalue weighted by molar-refractivity contribution is -0.305. The van der Waals surface area contributed by atoms with Gasteiger partial charge in [0.2, 0.25) is 0 Å². The maximum Gasteiger partial charge on any atom is 0.306 e. The van der Waals surface area contributed by atoms with Crippen LogP contribution in [0.15, 0.2) is 60.8 Å². The topological polar surface area (TPSA) is 152 Å². The fraction of sp³-hybridized carbons (Fsp3) is 0.745. The number of esters is 2. The van der Waals surface area contributed by atoms with E-state index < -0.39 is 55.4 Å². The molecule has 0 bridgehead atoms. The highest BCUT2D eigenvalue weighted by Gasteiger charge is 2.44. The lowest BCUT2D eigenvalue weighted by Gasteiger charge is -2.39. The summed E-state index contributed by atoms with van der Waals surface area (Å²) < 4.78 is 22.0. The molecule has 1 aliphatic heterocycles. The van der Waals surface area contributed by atoms with Crippen LogP contribution in [0.3, 0.4) is 0 Å². The normalized spacial score (nSPS) is 20.8. The Morgan fingerprint density at radius 1 is 0.561 bits per heavy atom. The summed E-state index contributed by atoms with van der Waals surface area (Å²) in [7, 11) is 0. The van der Waals surface area contributed by atoms with E-state index in [1.807, 2.05) is 12.2 Å². The van der Waals surface area contributed by atoms with Gasteiger partial charge in [0, 0.05) is 12.8 Å². The van der Waals surface area contributed by atoms with Crippen molar-refractivity contribution in [3.8, 4) is 0 Å². The van der Waals surface area contributed by atoms with Gasteiger partial charge in [-0.2, -0.15) is 0 Å². The number of carbonyl (C=O) groups is 2. The van der Waals surface area contributed by atoms with Gasteiger partial charge < -0.3 is 39.4 Å².